The molecular formula is C28H34O3. The van der Waals surface area contributed by atoms with Gasteiger partial charge >= 0.3 is 5.97 Å². The van der Waals surface area contributed by atoms with Crippen LogP contribution in [0.3, 0.4) is 0 Å². The third kappa shape index (κ3) is 7.47. The van der Waals surface area contributed by atoms with Crippen LogP contribution in [0.4, 0.5) is 0 Å². The molecule has 2 aromatic rings. The first kappa shape index (κ1) is 22.9. The Balaban J connectivity index is 1.48. The summed E-state index contributed by atoms with van der Waals surface area (Å²) in [5, 5.41) is 0. The summed E-state index contributed by atoms with van der Waals surface area (Å²) in [4.78, 5) is 12.4. The van der Waals surface area contributed by atoms with Gasteiger partial charge in [-0.05, 0) is 86.6 Å². The molecule has 0 radical (unpaired) electrons. The van der Waals surface area contributed by atoms with E-state index in [9.17, 15) is 4.79 Å². The number of ether oxygens (including phenoxy) is 2. The average Bonchev–Trinajstić information content (AvgIpc) is 2.82. The minimum Gasteiger partial charge on any atom is -0.494 e. The molecule has 164 valence electrons. The molecule has 0 saturated heterocycles. The van der Waals surface area contributed by atoms with Crippen LogP contribution >= 0.6 is 0 Å². The zero-order chi connectivity index (χ0) is 21.9. The predicted octanol–water partition coefficient (Wildman–Crippen LogP) is 6.78. The second-order valence-corrected chi connectivity index (χ2v) is 8.40. The zero-order valence-corrected chi connectivity index (χ0v) is 18.9. The van der Waals surface area contributed by atoms with Crippen LogP contribution in [0, 0.1) is 23.7 Å². The summed E-state index contributed by atoms with van der Waals surface area (Å²) >= 11 is 0. The van der Waals surface area contributed by atoms with Crippen molar-refractivity contribution in [2.24, 2.45) is 11.8 Å². The van der Waals surface area contributed by atoms with Crippen molar-refractivity contribution in [2.75, 3.05) is 6.61 Å². The Kier molecular flexibility index (Phi) is 9.03. The third-order valence-corrected chi connectivity index (χ3v) is 6.05. The maximum atomic E-state index is 12.4. The fourth-order valence-electron chi connectivity index (χ4n) is 3.93. The van der Waals surface area contributed by atoms with E-state index in [0.717, 1.165) is 61.5 Å². The molecule has 1 aliphatic carbocycles. The SMILES string of the molecule is CCCCCOc1ccc(C#Cc2ccc(OC(=O)C3CCC(CC)CC3)cc2)cc1. The van der Waals surface area contributed by atoms with Gasteiger partial charge in [-0.3, -0.25) is 4.79 Å². The van der Waals surface area contributed by atoms with Crippen LogP contribution in [-0.4, -0.2) is 12.6 Å². The number of rotatable bonds is 8. The molecule has 1 saturated carbocycles. The Bertz CT molecular complexity index is 863. The molecule has 0 N–H and O–H groups in total. The van der Waals surface area contributed by atoms with E-state index in [-0.39, 0.29) is 11.9 Å². The van der Waals surface area contributed by atoms with E-state index in [1.807, 2.05) is 48.5 Å². The van der Waals surface area contributed by atoms with E-state index in [4.69, 9.17) is 9.47 Å². The molecule has 0 spiro atoms. The number of carbonyl (C=O) groups excluding carboxylic acids is 1. The molecule has 3 heteroatoms. The summed E-state index contributed by atoms with van der Waals surface area (Å²) in [7, 11) is 0. The fourth-order valence-corrected chi connectivity index (χ4v) is 3.93. The monoisotopic (exact) mass is 418 g/mol. The molecule has 0 heterocycles. The number of hydrogen-bond donors (Lipinski definition) is 0. The van der Waals surface area contributed by atoms with Crippen molar-refractivity contribution >= 4 is 5.97 Å². The second-order valence-electron chi connectivity index (χ2n) is 8.40. The number of carbonyl (C=O) groups is 1. The Hall–Kier alpha value is -2.73. The Morgan fingerprint density at radius 3 is 1.97 bits per heavy atom. The average molecular weight is 419 g/mol. The lowest BCUT2D eigenvalue weighted by molar-refractivity contribution is -0.140. The quantitative estimate of drug-likeness (QED) is 0.205. The van der Waals surface area contributed by atoms with Gasteiger partial charge in [-0.2, -0.15) is 0 Å². The van der Waals surface area contributed by atoms with E-state index < -0.39 is 0 Å². The summed E-state index contributed by atoms with van der Waals surface area (Å²) < 4.78 is 11.3. The van der Waals surface area contributed by atoms with Crippen LogP contribution in [0.25, 0.3) is 0 Å². The Morgan fingerprint density at radius 2 is 1.42 bits per heavy atom. The van der Waals surface area contributed by atoms with Gasteiger partial charge in [-0.1, -0.05) is 45.0 Å². The summed E-state index contributed by atoms with van der Waals surface area (Å²) in [6.07, 6.45) is 8.85. The molecule has 0 aliphatic heterocycles. The van der Waals surface area contributed by atoms with Gasteiger partial charge in [-0.15, -0.1) is 0 Å². The molecular weight excluding hydrogens is 384 g/mol. The van der Waals surface area contributed by atoms with Crippen molar-refractivity contribution in [3.8, 4) is 23.3 Å². The molecule has 0 atom stereocenters. The van der Waals surface area contributed by atoms with Crippen molar-refractivity contribution < 1.29 is 14.3 Å². The van der Waals surface area contributed by atoms with Gasteiger partial charge in [0.15, 0.2) is 0 Å². The summed E-state index contributed by atoms with van der Waals surface area (Å²) in [6.45, 7) is 5.18. The van der Waals surface area contributed by atoms with Crippen LogP contribution in [0.5, 0.6) is 11.5 Å². The highest BCUT2D eigenvalue weighted by molar-refractivity contribution is 5.75. The van der Waals surface area contributed by atoms with Crippen LogP contribution in [0.15, 0.2) is 48.5 Å². The molecule has 1 fully saturated rings. The Labute approximate surface area is 187 Å². The number of hydrogen-bond acceptors (Lipinski definition) is 3. The van der Waals surface area contributed by atoms with Gasteiger partial charge in [-0.25, -0.2) is 0 Å². The lowest BCUT2D eigenvalue weighted by atomic mass is 9.81. The van der Waals surface area contributed by atoms with Gasteiger partial charge < -0.3 is 9.47 Å². The van der Waals surface area contributed by atoms with E-state index in [2.05, 4.69) is 25.7 Å². The van der Waals surface area contributed by atoms with E-state index in [0.29, 0.717) is 5.75 Å². The highest BCUT2D eigenvalue weighted by Crippen LogP contribution is 2.31. The van der Waals surface area contributed by atoms with Crippen molar-refractivity contribution in [3.05, 3.63) is 59.7 Å². The number of esters is 1. The van der Waals surface area contributed by atoms with Gasteiger partial charge in [0.25, 0.3) is 0 Å². The normalized spacial score (nSPS) is 18.0. The first-order chi connectivity index (χ1) is 15.2. The second kappa shape index (κ2) is 12.2. The van der Waals surface area contributed by atoms with Crippen molar-refractivity contribution in [3.63, 3.8) is 0 Å². The maximum Gasteiger partial charge on any atom is 0.314 e. The molecule has 0 aromatic heterocycles. The zero-order valence-electron chi connectivity index (χ0n) is 18.9. The molecule has 3 nitrogen and oxygen atoms in total. The van der Waals surface area contributed by atoms with E-state index in [1.165, 1.54) is 19.3 Å². The highest BCUT2D eigenvalue weighted by atomic mass is 16.5. The molecule has 31 heavy (non-hydrogen) atoms. The summed E-state index contributed by atoms with van der Waals surface area (Å²) in [6, 6.07) is 15.3. The van der Waals surface area contributed by atoms with Crippen molar-refractivity contribution in [2.45, 2.75) is 65.2 Å². The molecule has 0 bridgehead atoms. The number of benzene rings is 2. The van der Waals surface area contributed by atoms with Crippen LogP contribution in [0.2, 0.25) is 0 Å². The fraction of sp³-hybridized carbons (Fsp3) is 0.464. The minimum atomic E-state index is -0.0922. The topological polar surface area (TPSA) is 35.5 Å². The lowest BCUT2D eigenvalue weighted by Crippen LogP contribution is -2.25. The van der Waals surface area contributed by atoms with Crippen LogP contribution < -0.4 is 9.47 Å². The van der Waals surface area contributed by atoms with Crippen molar-refractivity contribution in [1.29, 1.82) is 0 Å². The first-order valence-corrected chi connectivity index (χ1v) is 11.7. The lowest BCUT2D eigenvalue weighted by Gasteiger charge is -2.26. The smallest absolute Gasteiger partial charge is 0.314 e. The van der Waals surface area contributed by atoms with Gasteiger partial charge in [0.1, 0.15) is 11.5 Å². The van der Waals surface area contributed by atoms with Crippen LogP contribution in [0.1, 0.15) is 76.3 Å². The molecule has 1 aliphatic rings. The third-order valence-electron chi connectivity index (χ3n) is 6.05. The molecule has 0 unspecified atom stereocenters. The highest BCUT2D eigenvalue weighted by Gasteiger charge is 2.26. The standard InChI is InChI=1S/C28H34O3/c1-3-5-6-21-30-26-17-11-23(12-18-26)7-8-24-13-19-27(20-14-24)31-28(29)25-15-9-22(4-2)10-16-25/h11-14,17-20,22,25H,3-6,9-10,15-16,21H2,1-2H3. The first-order valence-electron chi connectivity index (χ1n) is 11.7. The van der Waals surface area contributed by atoms with E-state index in [1.54, 1.807) is 0 Å². The van der Waals surface area contributed by atoms with E-state index >= 15 is 0 Å². The molecule has 3 rings (SSSR count). The number of unbranched alkanes of at least 4 members (excludes halogenated alkanes) is 2. The van der Waals surface area contributed by atoms with Crippen molar-refractivity contribution in [1.82, 2.24) is 0 Å². The minimum absolute atomic E-state index is 0.0425. The van der Waals surface area contributed by atoms with Gasteiger partial charge in [0.05, 0.1) is 12.5 Å². The predicted molar refractivity (Wildman–Crippen MR) is 125 cm³/mol. The largest absolute Gasteiger partial charge is 0.494 e. The van der Waals surface area contributed by atoms with Gasteiger partial charge in [0.2, 0.25) is 0 Å². The maximum absolute atomic E-state index is 12.4. The molecule has 0 amide bonds. The summed E-state index contributed by atoms with van der Waals surface area (Å²) in [5.74, 6) is 8.54. The molecule has 2 aromatic carbocycles. The van der Waals surface area contributed by atoms with Crippen LogP contribution in [-0.2, 0) is 4.79 Å². The van der Waals surface area contributed by atoms with Gasteiger partial charge in [0, 0.05) is 11.1 Å². The Morgan fingerprint density at radius 1 is 0.839 bits per heavy atom. The summed E-state index contributed by atoms with van der Waals surface area (Å²) in [5.41, 5.74) is 1.84.